The molecular weight excluding hydrogens is 389 g/mol. The van der Waals surface area contributed by atoms with Crippen molar-refractivity contribution in [1.29, 1.82) is 0 Å². The first kappa shape index (κ1) is 22.0. The number of amides is 2. The topological polar surface area (TPSA) is 70.7 Å². The molecule has 0 unspecified atom stereocenters. The highest BCUT2D eigenvalue weighted by molar-refractivity contribution is 6.36. The summed E-state index contributed by atoms with van der Waals surface area (Å²) >= 11 is 11.9. The van der Waals surface area contributed by atoms with Crippen molar-refractivity contribution >= 4 is 35.0 Å². The number of benzene rings is 1. The summed E-state index contributed by atoms with van der Waals surface area (Å²) in [6.45, 7) is 8.66. The van der Waals surface area contributed by atoms with Crippen LogP contribution >= 0.6 is 23.2 Å². The second kappa shape index (κ2) is 10.9. The van der Waals surface area contributed by atoms with E-state index in [-0.39, 0.29) is 22.8 Å². The first-order chi connectivity index (χ1) is 12.9. The third-order valence-corrected chi connectivity index (χ3v) is 5.01. The molecule has 1 fully saturated rings. The van der Waals surface area contributed by atoms with Crippen LogP contribution in [0, 0.1) is 5.92 Å². The Hall–Kier alpha value is -1.34. The van der Waals surface area contributed by atoms with Crippen LogP contribution in [-0.4, -0.2) is 62.1 Å². The van der Waals surface area contributed by atoms with Gasteiger partial charge in [-0.1, -0.05) is 37.0 Å². The predicted molar refractivity (Wildman–Crippen MR) is 107 cm³/mol. The van der Waals surface area contributed by atoms with Gasteiger partial charge in [0.2, 0.25) is 5.91 Å². The van der Waals surface area contributed by atoms with E-state index in [1.165, 1.54) is 6.07 Å². The Morgan fingerprint density at radius 1 is 1.22 bits per heavy atom. The molecule has 8 heteroatoms. The van der Waals surface area contributed by atoms with Crippen LogP contribution in [0.25, 0.3) is 0 Å². The molecule has 1 aliphatic heterocycles. The minimum Gasteiger partial charge on any atom is -0.379 e. The Balaban J connectivity index is 1.83. The smallest absolute Gasteiger partial charge is 0.253 e. The molecule has 2 rings (SSSR count). The molecule has 1 aliphatic rings. The van der Waals surface area contributed by atoms with Crippen molar-refractivity contribution in [2.24, 2.45) is 5.92 Å². The third-order valence-electron chi connectivity index (χ3n) is 4.47. The van der Waals surface area contributed by atoms with E-state index < -0.39 is 6.04 Å². The van der Waals surface area contributed by atoms with Gasteiger partial charge in [-0.15, -0.1) is 0 Å². The molecule has 1 heterocycles. The standard InChI is InChI=1S/C19H27Cl2N3O3/c1-13(2)17(23-18(25)15-5-4-14(20)12-16(15)21)19(26)22-6-3-7-24-8-10-27-11-9-24/h4-5,12-13,17H,3,6-11H2,1-2H3,(H,22,26)(H,23,25)/t17-/m0/s1. The number of halogens is 2. The number of carbonyl (C=O) groups is 2. The number of carbonyl (C=O) groups excluding carboxylic acids is 2. The summed E-state index contributed by atoms with van der Waals surface area (Å²) < 4.78 is 5.32. The Morgan fingerprint density at radius 3 is 2.56 bits per heavy atom. The minimum absolute atomic E-state index is 0.0562. The molecule has 0 bridgehead atoms. The minimum atomic E-state index is -0.632. The lowest BCUT2D eigenvalue weighted by molar-refractivity contribution is -0.123. The van der Waals surface area contributed by atoms with Crippen molar-refractivity contribution in [3.63, 3.8) is 0 Å². The number of ether oxygens (including phenoxy) is 1. The summed E-state index contributed by atoms with van der Waals surface area (Å²) in [5.74, 6) is -0.636. The number of morpholine rings is 1. The molecule has 0 radical (unpaired) electrons. The van der Waals surface area contributed by atoms with Gasteiger partial charge in [-0.25, -0.2) is 0 Å². The number of rotatable bonds is 8. The van der Waals surface area contributed by atoms with Crippen LogP contribution < -0.4 is 10.6 Å². The van der Waals surface area contributed by atoms with Gasteiger partial charge in [-0.2, -0.15) is 0 Å². The molecule has 1 saturated heterocycles. The van der Waals surface area contributed by atoms with E-state index in [1.54, 1.807) is 12.1 Å². The normalized spacial score (nSPS) is 16.2. The molecule has 2 N–H and O–H groups in total. The zero-order chi connectivity index (χ0) is 19.8. The summed E-state index contributed by atoms with van der Waals surface area (Å²) in [6, 6.07) is 4.03. The van der Waals surface area contributed by atoms with Crippen molar-refractivity contribution in [3.05, 3.63) is 33.8 Å². The van der Waals surface area contributed by atoms with Gasteiger partial charge < -0.3 is 15.4 Å². The molecule has 6 nitrogen and oxygen atoms in total. The summed E-state index contributed by atoms with van der Waals surface area (Å²) in [6.07, 6.45) is 0.855. The zero-order valence-electron chi connectivity index (χ0n) is 15.8. The highest BCUT2D eigenvalue weighted by Crippen LogP contribution is 2.21. The second-order valence-corrected chi connectivity index (χ2v) is 7.76. The first-order valence-electron chi connectivity index (χ1n) is 9.22. The highest BCUT2D eigenvalue weighted by Gasteiger charge is 2.25. The van der Waals surface area contributed by atoms with E-state index in [9.17, 15) is 9.59 Å². The Bertz CT molecular complexity index is 649. The maximum absolute atomic E-state index is 12.5. The molecule has 0 aliphatic carbocycles. The van der Waals surface area contributed by atoms with Gasteiger partial charge in [0.25, 0.3) is 5.91 Å². The molecule has 2 amide bonds. The van der Waals surface area contributed by atoms with Crippen molar-refractivity contribution < 1.29 is 14.3 Å². The van der Waals surface area contributed by atoms with Crippen LogP contribution in [0.15, 0.2) is 18.2 Å². The quantitative estimate of drug-likeness (QED) is 0.640. The number of nitrogens with one attached hydrogen (secondary N) is 2. The molecule has 1 atom stereocenters. The molecule has 27 heavy (non-hydrogen) atoms. The van der Waals surface area contributed by atoms with Crippen LogP contribution in [0.2, 0.25) is 10.0 Å². The average Bonchev–Trinajstić information content (AvgIpc) is 2.63. The van der Waals surface area contributed by atoms with Crippen molar-refractivity contribution in [3.8, 4) is 0 Å². The Labute approximate surface area is 170 Å². The molecular formula is C19H27Cl2N3O3. The fourth-order valence-corrected chi connectivity index (χ4v) is 3.37. The molecule has 1 aromatic carbocycles. The molecule has 1 aromatic rings. The van der Waals surface area contributed by atoms with Crippen LogP contribution in [0.3, 0.4) is 0 Å². The maximum Gasteiger partial charge on any atom is 0.253 e. The van der Waals surface area contributed by atoms with Gasteiger partial charge in [0.15, 0.2) is 0 Å². The van der Waals surface area contributed by atoms with Gasteiger partial charge in [0.05, 0.1) is 23.8 Å². The summed E-state index contributed by atoms with van der Waals surface area (Å²) in [5.41, 5.74) is 0.298. The van der Waals surface area contributed by atoms with Crippen molar-refractivity contribution in [1.82, 2.24) is 15.5 Å². The molecule has 0 spiro atoms. The third kappa shape index (κ3) is 6.96. The number of hydrogen-bond donors (Lipinski definition) is 2. The summed E-state index contributed by atoms with van der Waals surface area (Å²) in [7, 11) is 0. The second-order valence-electron chi connectivity index (χ2n) is 6.92. The van der Waals surface area contributed by atoms with Crippen molar-refractivity contribution in [2.45, 2.75) is 26.3 Å². The Morgan fingerprint density at radius 2 is 1.93 bits per heavy atom. The van der Waals surface area contributed by atoms with Crippen LogP contribution in [0.1, 0.15) is 30.6 Å². The van der Waals surface area contributed by atoms with Crippen LogP contribution in [0.5, 0.6) is 0 Å². The lowest BCUT2D eigenvalue weighted by Gasteiger charge is -2.26. The van der Waals surface area contributed by atoms with E-state index >= 15 is 0 Å². The van der Waals surface area contributed by atoms with E-state index in [2.05, 4.69) is 15.5 Å². The fraction of sp³-hybridized carbons (Fsp3) is 0.579. The monoisotopic (exact) mass is 415 g/mol. The Kier molecular flexibility index (Phi) is 8.83. The fourth-order valence-electron chi connectivity index (χ4n) is 2.88. The summed E-state index contributed by atoms with van der Waals surface area (Å²) in [4.78, 5) is 27.3. The van der Waals surface area contributed by atoms with Crippen LogP contribution in [-0.2, 0) is 9.53 Å². The van der Waals surface area contributed by atoms with Gasteiger partial charge in [-0.3, -0.25) is 14.5 Å². The van der Waals surface area contributed by atoms with E-state index in [4.69, 9.17) is 27.9 Å². The van der Waals surface area contributed by atoms with Gasteiger partial charge in [0, 0.05) is 24.7 Å². The summed E-state index contributed by atoms with van der Waals surface area (Å²) in [5, 5.41) is 6.41. The predicted octanol–water partition coefficient (Wildman–Crippen LogP) is 2.59. The highest BCUT2D eigenvalue weighted by atomic mass is 35.5. The van der Waals surface area contributed by atoms with E-state index in [0.717, 1.165) is 39.3 Å². The van der Waals surface area contributed by atoms with Crippen LogP contribution in [0.4, 0.5) is 0 Å². The van der Waals surface area contributed by atoms with Gasteiger partial charge in [-0.05, 0) is 37.1 Å². The van der Waals surface area contributed by atoms with Gasteiger partial charge >= 0.3 is 0 Å². The first-order valence-corrected chi connectivity index (χ1v) is 9.98. The van der Waals surface area contributed by atoms with E-state index in [0.29, 0.717) is 17.1 Å². The molecule has 150 valence electrons. The number of nitrogens with zero attached hydrogens (tertiary/aromatic N) is 1. The zero-order valence-corrected chi connectivity index (χ0v) is 17.3. The van der Waals surface area contributed by atoms with Gasteiger partial charge in [0.1, 0.15) is 6.04 Å². The lowest BCUT2D eigenvalue weighted by Crippen LogP contribution is -2.50. The lowest BCUT2D eigenvalue weighted by atomic mass is 10.0. The molecule has 0 aromatic heterocycles. The number of hydrogen-bond acceptors (Lipinski definition) is 4. The maximum atomic E-state index is 12.5. The average molecular weight is 416 g/mol. The molecule has 0 saturated carbocycles. The SMILES string of the molecule is CC(C)[C@H](NC(=O)c1ccc(Cl)cc1Cl)C(=O)NCCCN1CCOCC1. The van der Waals surface area contributed by atoms with Crippen molar-refractivity contribution in [2.75, 3.05) is 39.4 Å². The largest absolute Gasteiger partial charge is 0.379 e. The van der Waals surface area contributed by atoms with E-state index in [1.807, 2.05) is 13.8 Å².